The van der Waals surface area contributed by atoms with E-state index in [1.165, 1.54) is 0 Å². The maximum Gasteiger partial charge on any atom is 0.178 e. The second kappa shape index (κ2) is 4.19. The van der Waals surface area contributed by atoms with Crippen molar-refractivity contribution in [2.24, 2.45) is 22.7 Å². The van der Waals surface area contributed by atoms with Gasteiger partial charge in [0.2, 0.25) is 0 Å². The van der Waals surface area contributed by atoms with Gasteiger partial charge in [-0.25, -0.2) is 0 Å². The molecule has 0 aromatic heterocycles. The van der Waals surface area contributed by atoms with E-state index in [1.807, 2.05) is 6.08 Å². The van der Waals surface area contributed by atoms with E-state index in [0.29, 0.717) is 24.5 Å². The second-order valence-corrected chi connectivity index (χ2v) is 8.16. The highest BCUT2D eigenvalue weighted by molar-refractivity contribution is 6.01. The van der Waals surface area contributed by atoms with Crippen LogP contribution in [0.15, 0.2) is 23.8 Å². The number of hydrogen-bond donors (Lipinski definition) is 1. The zero-order chi connectivity index (χ0) is 15.8. The maximum atomic E-state index is 12.4. The Bertz CT molecular complexity index is 631. The smallest absolute Gasteiger partial charge is 0.178 e. The Kier molecular flexibility index (Phi) is 2.74. The van der Waals surface area contributed by atoms with Gasteiger partial charge in [0, 0.05) is 17.3 Å². The van der Waals surface area contributed by atoms with E-state index >= 15 is 0 Å². The molecule has 0 radical (unpaired) electrons. The Hall–Kier alpha value is -1.22. The number of fused-ring (bicyclic) bond motifs is 5. The SMILES string of the molecule is CC12C=CC(=O)C=C1CC[C@H]1[C@@H]3CCC(=O)[C@@]3(C)CC[C@@]12O. The summed E-state index contributed by atoms with van der Waals surface area (Å²) in [5.74, 6) is 0.882. The molecule has 4 rings (SSSR count). The van der Waals surface area contributed by atoms with Crippen LogP contribution in [0.3, 0.4) is 0 Å². The fourth-order valence-electron chi connectivity index (χ4n) is 5.91. The Labute approximate surface area is 131 Å². The molecule has 5 atom stereocenters. The molecular formula is C19H24O3. The summed E-state index contributed by atoms with van der Waals surface area (Å²) in [6.45, 7) is 4.19. The number of allylic oxidation sites excluding steroid dienone is 2. The highest BCUT2D eigenvalue weighted by Gasteiger charge is 2.65. The van der Waals surface area contributed by atoms with Gasteiger partial charge < -0.3 is 5.11 Å². The summed E-state index contributed by atoms with van der Waals surface area (Å²) < 4.78 is 0. The summed E-state index contributed by atoms with van der Waals surface area (Å²) in [4.78, 5) is 24.1. The molecule has 0 aromatic carbocycles. The van der Waals surface area contributed by atoms with Crippen molar-refractivity contribution in [2.75, 3.05) is 0 Å². The molecule has 4 aliphatic carbocycles. The van der Waals surface area contributed by atoms with Crippen molar-refractivity contribution in [1.29, 1.82) is 0 Å². The van der Waals surface area contributed by atoms with Gasteiger partial charge in [0.25, 0.3) is 0 Å². The minimum atomic E-state index is -0.816. The van der Waals surface area contributed by atoms with Crippen LogP contribution in [-0.2, 0) is 9.59 Å². The molecule has 0 aliphatic heterocycles. The van der Waals surface area contributed by atoms with Gasteiger partial charge in [-0.1, -0.05) is 18.6 Å². The van der Waals surface area contributed by atoms with Crippen LogP contribution in [0.25, 0.3) is 0 Å². The lowest BCUT2D eigenvalue weighted by Gasteiger charge is -2.60. The number of carbonyl (C=O) groups is 2. The maximum absolute atomic E-state index is 12.4. The lowest BCUT2D eigenvalue weighted by atomic mass is 9.46. The fraction of sp³-hybridized carbons (Fsp3) is 0.684. The normalized spacial score (nSPS) is 50.2. The third kappa shape index (κ3) is 1.51. The molecule has 3 saturated carbocycles. The molecule has 3 heteroatoms. The van der Waals surface area contributed by atoms with Crippen LogP contribution in [0.4, 0.5) is 0 Å². The largest absolute Gasteiger partial charge is 0.388 e. The van der Waals surface area contributed by atoms with Crippen LogP contribution in [-0.4, -0.2) is 22.3 Å². The summed E-state index contributed by atoms with van der Waals surface area (Å²) in [5.41, 5.74) is -0.422. The quantitative estimate of drug-likeness (QED) is 0.748. The minimum Gasteiger partial charge on any atom is -0.388 e. The zero-order valence-corrected chi connectivity index (χ0v) is 13.4. The van der Waals surface area contributed by atoms with Gasteiger partial charge in [-0.2, -0.15) is 0 Å². The van der Waals surface area contributed by atoms with Gasteiger partial charge in [-0.15, -0.1) is 0 Å². The molecule has 118 valence electrons. The molecule has 0 heterocycles. The second-order valence-electron chi connectivity index (χ2n) is 8.16. The average molecular weight is 300 g/mol. The summed E-state index contributed by atoms with van der Waals surface area (Å²) in [7, 11) is 0. The van der Waals surface area contributed by atoms with E-state index in [1.54, 1.807) is 12.2 Å². The molecule has 4 aliphatic rings. The van der Waals surface area contributed by atoms with E-state index < -0.39 is 11.0 Å². The van der Waals surface area contributed by atoms with Crippen LogP contribution in [0.2, 0.25) is 0 Å². The number of aliphatic hydroxyl groups is 1. The zero-order valence-electron chi connectivity index (χ0n) is 13.4. The summed E-state index contributed by atoms with van der Waals surface area (Å²) >= 11 is 0. The van der Waals surface area contributed by atoms with Crippen LogP contribution < -0.4 is 0 Å². The predicted molar refractivity (Wildman–Crippen MR) is 83.1 cm³/mol. The Morgan fingerprint density at radius 2 is 1.82 bits per heavy atom. The summed E-state index contributed by atoms with van der Waals surface area (Å²) in [6, 6.07) is 0. The van der Waals surface area contributed by atoms with Crippen molar-refractivity contribution in [3.8, 4) is 0 Å². The molecule has 0 amide bonds. The topological polar surface area (TPSA) is 54.4 Å². The molecule has 0 saturated heterocycles. The lowest BCUT2D eigenvalue weighted by Crippen LogP contribution is -2.62. The van der Waals surface area contributed by atoms with Gasteiger partial charge in [-0.3, -0.25) is 9.59 Å². The molecular weight excluding hydrogens is 276 g/mol. The van der Waals surface area contributed by atoms with E-state index in [-0.39, 0.29) is 17.1 Å². The minimum absolute atomic E-state index is 0.0335. The van der Waals surface area contributed by atoms with Crippen LogP contribution in [0.5, 0.6) is 0 Å². The Morgan fingerprint density at radius 3 is 2.59 bits per heavy atom. The van der Waals surface area contributed by atoms with Gasteiger partial charge in [-0.05, 0) is 63.0 Å². The van der Waals surface area contributed by atoms with Gasteiger partial charge in [0.1, 0.15) is 5.78 Å². The average Bonchev–Trinajstić information content (AvgIpc) is 2.77. The number of hydrogen-bond acceptors (Lipinski definition) is 3. The van der Waals surface area contributed by atoms with Gasteiger partial charge >= 0.3 is 0 Å². The molecule has 0 bridgehead atoms. The van der Waals surface area contributed by atoms with Crippen LogP contribution in [0.1, 0.15) is 52.4 Å². The first-order valence-electron chi connectivity index (χ1n) is 8.51. The van der Waals surface area contributed by atoms with Crippen molar-refractivity contribution in [3.05, 3.63) is 23.8 Å². The van der Waals surface area contributed by atoms with Crippen molar-refractivity contribution in [3.63, 3.8) is 0 Å². The summed E-state index contributed by atoms with van der Waals surface area (Å²) in [5, 5.41) is 11.7. The van der Waals surface area contributed by atoms with E-state index in [0.717, 1.165) is 31.3 Å². The molecule has 3 nitrogen and oxygen atoms in total. The molecule has 0 spiro atoms. The van der Waals surface area contributed by atoms with E-state index in [9.17, 15) is 14.7 Å². The van der Waals surface area contributed by atoms with E-state index in [4.69, 9.17) is 0 Å². The van der Waals surface area contributed by atoms with Gasteiger partial charge in [0.05, 0.1) is 5.60 Å². The highest BCUT2D eigenvalue weighted by atomic mass is 16.3. The van der Waals surface area contributed by atoms with Crippen molar-refractivity contribution in [2.45, 2.75) is 58.0 Å². The lowest BCUT2D eigenvalue weighted by molar-refractivity contribution is -0.173. The monoisotopic (exact) mass is 300 g/mol. The first-order valence-corrected chi connectivity index (χ1v) is 8.51. The van der Waals surface area contributed by atoms with Crippen LogP contribution >= 0.6 is 0 Å². The van der Waals surface area contributed by atoms with Crippen molar-refractivity contribution in [1.82, 2.24) is 0 Å². The van der Waals surface area contributed by atoms with Gasteiger partial charge in [0.15, 0.2) is 5.78 Å². The molecule has 3 fully saturated rings. The number of ketones is 2. The first kappa shape index (κ1) is 14.4. The van der Waals surface area contributed by atoms with Crippen molar-refractivity contribution < 1.29 is 14.7 Å². The third-order valence-corrected chi connectivity index (χ3v) is 7.45. The first-order chi connectivity index (χ1) is 10.3. The number of carbonyl (C=O) groups excluding carboxylic acids is 2. The molecule has 1 unspecified atom stereocenters. The summed E-state index contributed by atoms with van der Waals surface area (Å²) in [6.07, 6.45) is 10.0. The third-order valence-electron chi connectivity index (χ3n) is 7.45. The molecule has 0 aromatic rings. The predicted octanol–water partition coefficient (Wildman–Crippen LogP) is 2.98. The van der Waals surface area contributed by atoms with E-state index in [2.05, 4.69) is 13.8 Å². The molecule has 22 heavy (non-hydrogen) atoms. The fourth-order valence-corrected chi connectivity index (χ4v) is 5.91. The highest BCUT2D eigenvalue weighted by Crippen LogP contribution is 2.65. The standard InChI is InChI=1S/C19H24O3/c1-17-9-10-19(22)15(14(17)5-6-16(17)21)4-3-12-11-13(20)7-8-18(12,19)2/h7-8,11,14-15,22H,3-6,9-10H2,1-2H3/t14-,15-,17-,18?,19+/m0/s1. The van der Waals surface area contributed by atoms with Crippen LogP contribution in [0, 0.1) is 22.7 Å². The Balaban J connectivity index is 1.79. The van der Waals surface area contributed by atoms with Crippen molar-refractivity contribution >= 4 is 11.6 Å². The molecule has 1 N–H and O–H groups in total. The number of Topliss-reactive ketones (excluding diaryl/α,β-unsaturated/α-hetero) is 1. The Morgan fingerprint density at radius 1 is 1.09 bits per heavy atom. The number of rotatable bonds is 0.